The number of aromatic amines is 1. The smallest absolute Gasteiger partial charge is 0.304 e. The summed E-state index contributed by atoms with van der Waals surface area (Å²) in [6.07, 6.45) is 10.3. The molecule has 8 heterocycles. The quantitative estimate of drug-likeness (QED) is 0.153. The van der Waals surface area contributed by atoms with Crippen LogP contribution in [0.2, 0.25) is 9.62 Å². The van der Waals surface area contributed by atoms with Crippen molar-refractivity contribution in [2.24, 2.45) is 0 Å². The number of rotatable bonds is 0. The summed E-state index contributed by atoms with van der Waals surface area (Å²) in [4.78, 5) is 39.0. The zero-order chi connectivity index (χ0) is 33.5. The van der Waals surface area contributed by atoms with Gasteiger partial charge in [0, 0.05) is 85.9 Å². The van der Waals surface area contributed by atoms with E-state index in [1.165, 1.54) is 45.3 Å². The number of nitrogens with two attached hydrogens (primary N) is 1. The topological polar surface area (TPSA) is 149 Å². The maximum atomic E-state index is 10.0. The molecule has 0 saturated carbocycles. The van der Waals surface area contributed by atoms with Crippen LogP contribution in [0.1, 0.15) is 10.7 Å². The number of anilines is 1. The minimum Gasteiger partial charge on any atom is -0.375 e. The Morgan fingerprint density at radius 2 is 1.26 bits per heavy atom. The molecular weight excluding hydrogens is 782 g/mol. The molecule has 3 N–H and O–H groups in total. The molecule has 8 rings (SSSR count). The number of thiazole rings is 8. The average molecular weight is 809 g/mol. The Hall–Kier alpha value is -2.78. The summed E-state index contributed by atoms with van der Waals surface area (Å²) < 4.78 is 0.606. The zero-order valence-corrected chi connectivity index (χ0v) is 32.1. The number of aromatic nitrogens is 8. The molecule has 244 valence electrons. The molecule has 8 aromatic rings. The molecule has 0 radical (unpaired) electrons. The monoisotopic (exact) mass is 807 g/mol. The number of H-pyrrole nitrogens is 1. The third-order valence-electron chi connectivity index (χ3n) is 3.51. The summed E-state index contributed by atoms with van der Waals surface area (Å²) in [5, 5.41) is 17.4. The summed E-state index contributed by atoms with van der Waals surface area (Å²) in [5.41, 5.74) is 13.4. The molecule has 0 aliphatic rings. The van der Waals surface area contributed by atoms with Crippen LogP contribution in [-0.2, 0) is 0 Å². The van der Waals surface area contributed by atoms with Gasteiger partial charge in [0.1, 0.15) is 5.15 Å². The Bertz CT molecular complexity index is 1390. The standard InChI is InChI=1S/2C4H5NS.2C3H2ClNS.C3H4N2S.C3H3NOS.2C3H3NS/c1-4-2-6-3-5-4;1-4-5-2-3-6-4;4-3-1-6-2-5-3;2*4-3-5-1-2-6-3;5-3-4-1-2-6-3;2*1-2-5-3-4-1/h2*2-3H,1H3;2*1-2H;1-2H,(H2,4,5);1-2H,(H,4,5);2*1-3H. The van der Waals surface area contributed by atoms with Gasteiger partial charge in [0.15, 0.2) is 9.60 Å². The van der Waals surface area contributed by atoms with Crippen molar-refractivity contribution in [1.82, 2.24) is 39.9 Å². The summed E-state index contributed by atoms with van der Waals surface area (Å²) in [7, 11) is 0. The number of aryl methyl sites for hydroxylation is 2. The number of hydrogen-bond donors (Lipinski definition) is 2. The van der Waals surface area contributed by atoms with E-state index in [0.717, 1.165) is 10.7 Å². The second-order valence-corrected chi connectivity index (χ2v) is 14.6. The molecular formula is C26H27Cl2N9OS8. The van der Waals surface area contributed by atoms with Crippen LogP contribution in [0.4, 0.5) is 5.13 Å². The van der Waals surface area contributed by atoms with Crippen molar-refractivity contribution in [3.8, 4) is 0 Å². The van der Waals surface area contributed by atoms with E-state index in [1.807, 2.05) is 51.6 Å². The van der Waals surface area contributed by atoms with Gasteiger partial charge in [-0.1, -0.05) is 34.5 Å². The van der Waals surface area contributed by atoms with Gasteiger partial charge in [-0.2, -0.15) is 0 Å². The van der Waals surface area contributed by atoms with Gasteiger partial charge in [-0.15, -0.1) is 79.4 Å². The lowest BCUT2D eigenvalue weighted by Crippen LogP contribution is -1.87. The fourth-order valence-corrected chi connectivity index (χ4v) is 5.49. The summed E-state index contributed by atoms with van der Waals surface area (Å²) in [6.45, 7) is 3.97. The first-order valence-corrected chi connectivity index (χ1v) is 20.1. The minimum absolute atomic E-state index is 0.00926. The highest BCUT2D eigenvalue weighted by Gasteiger charge is 1.80. The lowest BCUT2D eigenvalue weighted by atomic mass is 10.6. The molecule has 0 aliphatic heterocycles. The maximum absolute atomic E-state index is 10.0. The van der Waals surface area contributed by atoms with Crippen LogP contribution in [0.3, 0.4) is 0 Å². The molecule has 0 spiro atoms. The fraction of sp³-hybridized carbons (Fsp3) is 0.0769. The Morgan fingerprint density at radius 1 is 0.630 bits per heavy atom. The van der Waals surface area contributed by atoms with Crippen molar-refractivity contribution in [1.29, 1.82) is 0 Å². The Kier molecular flexibility index (Phi) is 26.5. The SMILES string of the molecule is Cc1cscn1.Cc1nccs1.Clc1cscn1.Clc1nccs1.Nc1nccs1.O=c1[nH]ccs1.c1cscn1.c1cscn1. The van der Waals surface area contributed by atoms with Gasteiger partial charge < -0.3 is 10.7 Å². The molecule has 0 aliphatic carbocycles. The first-order chi connectivity index (χ1) is 22.4. The first kappa shape index (κ1) is 41.2. The van der Waals surface area contributed by atoms with Gasteiger partial charge in [-0.25, -0.2) is 15.0 Å². The molecule has 8 aromatic heterocycles. The number of nitrogens with one attached hydrogen (secondary N) is 1. The lowest BCUT2D eigenvalue weighted by molar-refractivity contribution is 1.27. The van der Waals surface area contributed by atoms with Crippen LogP contribution in [0.15, 0.2) is 107 Å². The van der Waals surface area contributed by atoms with E-state index < -0.39 is 0 Å². The van der Waals surface area contributed by atoms with Crippen molar-refractivity contribution in [3.63, 3.8) is 0 Å². The summed E-state index contributed by atoms with van der Waals surface area (Å²) in [6, 6.07) is 0. The number of nitrogen functional groups attached to an aromatic ring is 1. The van der Waals surface area contributed by atoms with Gasteiger partial charge in [0.2, 0.25) is 0 Å². The summed E-state index contributed by atoms with van der Waals surface area (Å²) in [5.74, 6) is 0. The van der Waals surface area contributed by atoms with Gasteiger partial charge >= 0.3 is 4.87 Å². The number of hydrogen-bond acceptors (Lipinski definition) is 17. The predicted molar refractivity (Wildman–Crippen MR) is 204 cm³/mol. The number of nitrogens with zero attached hydrogens (tertiary/aromatic N) is 7. The Balaban J connectivity index is 0.000000263. The molecule has 0 fully saturated rings. The molecule has 0 saturated heterocycles. The van der Waals surface area contributed by atoms with E-state index >= 15 is 0 Å². The highest BCUT2D eigenvalue weighted by Crippen LogP contribution is 2.09. The average Bonchev–Trinajstić information content (AvgIpc) is 3.88. The molecule has 46 heavy (non-hydrogen) atoms. The van der Waals surface area contributed by atoms with Gasteiger partial charge in [0.05, 0.1) is 27.0 Å². The minimum atomic E-state index is 0.00926. The second-order valence-electron chi connectivity index (χ2n) is 6.85. The third-order valence-corrected chi connectivity index (χ3v) is 9.01. The second kappa shape index (κ2) is 29.6. The van der Waals surface area contributed by atoms with Crippen LogP contribution in [0.25, 0.3) is 0 Å². The van der Waals surface area contributed by atoms with E-state index in [0.29, 0.717) is 14.8 Å². The normalized spacial score (nSPS) is 8.61. The highest BCUT2D eigenvalue weighted by atomic mass is 35.5. The van der Waals surface area contributed by atoms with Crippen molar-refractivity contribution >= 4 is 119 Å². The molecule has 20 heteroatoms. The zero-order valence-electron chi connectivity index (χ0n) is 24.0. The van der Waals surface area contributed by atoms with E-state index in [1.54, 1.807) is 110 Å². The van der Waals surface area contributed by atoms with E-state index in [2.05, 4.69) is 39.9 Å². The lowest BCUT2D eigenvalue weighted by Gasteiger charge is -1.67. The Labute approximate surface area is 308 Å². The van der Waals surface area contributed by atoms with Crippen LogP contribution in [0, 0.1) is 13.8 Å². The van der Waals surface area contributed by atoms with Gasteiger partial charge in [-0.05, 0) is 13.8 Å². The third kappa shape index (κ3) is 27.5. The van der Waals surface area contributed by atoms with Crippen LogP contribution < -0.4 is 10.6 Å². The van der Waals surface area contributed by atoms with Crippen molar-refractivity contribution in [3.05, 3.63) is 132 Å². The first-order valence-electron chi connectivity index (χ1n) is 12.1. The maximum Gasteiger partial charge on any atom is 0.304 e. The van der Waals surface area contributed by atoms with Crippen molar-refractivity contribution < 1.29 is 0 Å². The molecule has 0 atom stereocenters. The van der Waals surface area contributed by atoms with Crippen LogP contribution in [-0.4, -0.2) is 39.9 Å². The molecule has 0 aromatic carbocycles. The van der Waals surface area contributed by atoms with Crippen LogP contribution >= 0.6 is 114 Å². The highest BCUT2D eigenvalue weighted by molar-refractivity contribution is 7.14. The fourth-order valence-electron chi connectivity index (χ4n) is 1.79. The largest absolute Gasteiger partial charge is 0.375 e. The van der Waals surface area contributed by atoms with Crippen LogP contribution in [0.5, 0.6) is 0 Å². The molecule has 0 bridgehead atoms. The predicted octanol–water partition coefficient (Wildman–Crippen LogP) is 9.94. The Morgan fingerprint density at radius 3 is 1.41 bits per heavy atom. The van der Waals surface area contributed by atoms with Gasteiger partial charge in [0.25, 0.3) is 0 Å². The molecule has 0 unspecified atom stereocenters. The van der Waals surface area contributed by atoms with E-state index in [4.69, 9.17) is 28.9 Å². The van der Waals surface area contributed by atoms with E-state index in [9.17, 15) is 4.79 Å². The van der Waals surface area contributed by atoms with Crippen molar-refractivity contribution in [2.75, 3.05) is 5.73 Å². The molecule has 10 nitrogen and oxygen atoms in total. The van der Waals surface area contributed by atoms with Gasteiger partial charge in [-0.3, -0.25) is 24.7 Å². The van der Waals surface area contributed by atoms with E-state index in [-0.39, 0.29) is 4.87 Å². The number of halogens is 2. The molecule has 0 amide bonds. The van der Waals surface area contributed by atoms with Crippen molar-refractivity contribution in [2.45, 2.75) is 13.8 Å². The summed E-state index contributed by atoms with van der Waals surface area (Å²) >= 11 is 22.8.